The van der Waals surface area contributed by atoms with Crippen LogP contribution in [0.4, 0.5) is 4.79 Å². The molecule has 1 aliphatic heterocycles. The first-order valence-corrected chi connectivity index (χ1v) is 5.08. The number of nitrogens with one attached hydrogen (secondary N) is 3. The molecule has 5 nitrogen and oxygen atoms in total. The Morgan fingerprint density at radius 2 is 2.00 bits per heavy atom. The van der Waals surface area contributed by atoms with E-state index in [0.29, 0.717) is 19.0 Å². The van der Waals surface area contributed by atoms with Crippen LogP contribution in [0.2, 0.25) is 0 Å². The number of rotatable bonds is 2. The fourth-order valence-electron chi connectivity index (χ4n) is 1.67. The van der Waals surface area contributed by atoms with E-state index in [4.69, 9.17) is 0 Å². The van der Waals surface area contributed by atoms with Crippen molar-refractivity contribution < 1.29 is 9.59 Å². The van der Waals surface area contributed by atoms with E-state index in [9.17, 15) is 9.59 Å². The third kappa shape index (κ3) is 2.16. The molecule has 1 saturated carbocycles. The molecular weight excluding hydrogens is 182 g/mol. The summed E-state index contributed by atoms with van der Waals surface area (Å²) >= 11 is 0. The number of carbonyl (C=O) groups is 2. The third-order valence-corrected chi connectivity index (χ3v) is 2.75. The van der Waals surface area contributed by atoms with Crippen LogP contribution in [-0.4, -0.2) is 30.6 Å². The lowest BCUT2D eigenvalue weighted by atomic mass is 9.93. The van der Waals surface area contributed by atoms with Gasteiger partial charge in [0.05, 0.1) is 6.04 Å². The fraction of sp³-hybridized carbons (Fsp3) is 0.778. The van der Waals surface area contributed by atoms with Crippen molar-refractivity contribution in [3.63, 3.8) is 0 Å². The van der Waals surface area contributed by atoms with E-state index in [1.807, 2.05) is 0 Å². The monoisotopic (exact) mass is 197 g/mol. The average Bonchev–Trinajstić information content (AvgIpc) is 2.44. The lowest BCUT2D eigenvalue weighted by molar-refractivity contribution is -0.119. The first-order valence-electron chi connectivity index (χ1n) is 5.08. The van der Waals surface area contributed by atoms with Crippen LogP contribution in [0.25, 0.3) is 0 Å². The Morgan fingerprint density at radius 1 is 1.29 bits per heavy atom. The second-order valence-electron chi connectivity index (χ2n) is 3.95. The summed E-state index contributed by atoms with van der Waals surface area (Å²) in [5.41, 5.74) is 0. The van der Waals surface area contributed by atoms with Gasteiger partial charge in [-0.1, -0.05) is 0 Å². The van der Waals surface area contributed by atoms with Gasteiger partial charge in [0.1, 0.15) is 0 Å². The SMILES string of the molecule is O=C1CC(NC(=O)NC2CCC2)CN1. The van der Waals surface area contributed by atoms with E-state index in [1.165, 1.54) is 6.42 Å². The van der Waals surface area contributed by atoms with Gasteiger partial charge >= 0.3 is 6.03 Å². The molecule has 1 aliphatic carbocycles. The first kappa shape index (κ1) is 9.30. The maximum Gasteiger partial charge on any atom is 0.315 e. The second-order valence-corrected chi connectivity index (χ2v) is 3.95. The van der Waals surface area contributed by atoms with Crippen LogP contribution in [0.15, 0.2) is 0 Å². The number of carbonyl (C=O) groups excluding carboxylic acids is 2. The minimum atomic E-state index is -0.142. The molecule has 2 aliphatic rings. The molecule has 0 aromatic heterocycles. The highest BCUT2D eigenvalue weighted by molar-refractivity contribution is 5.81. The summed E-state index contributed by atoms with van der Waals surface area (Å²) < 4.78 is 0. The molecule has 1 heterocycles. The lowest BCUT2D eigenvalue weighted by Crippen LogP contribution is -2.48. The van der Waals surface area contributed by atoms with Gasteiger partial charge in [-0.3, -0.25) is 4.79 Å². The molecule has 1 atom stereocenters. The smallest absolute Gasteiger partial charge is 0.315 e. The molecule has 0 aromatic rings. The van der Waals surface area contributed by atoms with E-state index in [-0.39, 0.29) is 18.0 Å². The predicted octanol–water partition coefficient (Wildman–Crippen LogP) is -0.273. The molecule has 78 valence electrons. The topological polar surface area (TPSA) is 70.2 Å². The predicted molar refractivity (Wildman–Crippen MR) is 50.7 cm³/mol. The Hall–Kier alpha value is -1.26. The number of hydrogen-bond donors (Lipinski definition) is 3. The van der Waals surface area contributed by atoms with E-state index in [0.717, 1.165) is 12.8 Å². The molecule has 5 heteroatoms. The Labute approximate surface area is 82.6 Å². The van der Waals surface area contributed by atoms with E-state index in [2.05, 4.69) is 16.0 Å². The van der Waals surface area contributed by atoms with Gasteiger partial charge in [0, 0.05) is 19.0 Å². The zero-order valence-electron chi connectivity index (χ0n) is 8.01. The van der Waals surface area contributed by atoms with Gasteiger partial charge < -0.3 is 16.0 Å². The molecule has 0 bridgehead atoms. The molecule has 1 saturated heterocycles. The zero-order valence-corrected chi connectivity index (χ0v) is 8.01. The molecule has 2 fully saturated rings. The number of amides is 3. The molecule has 3 N–H and O–H groups in total. The van der Waals surface area contributed by atoms with Crippen molar-refractivity contribution in [2.75, 3.05) is 6.54 Å². The zero-order chi connectivity index (χ0) is 9.97. The van der Waals surface area contributed by atoms with Crippen LogP contribution in [0.1, 0.15) is 25.7 Å². The lowest BCUT2D eigenvalue weighted by Gasteiger charge is -2.27. The van der Waals surface area contributed by atoms with Gasteiger partial charge in [-0.25, -0.2) is 4.79 Å². The highest BCUT2D eigenvalue weighted by Gasteiger charge is 2.25. The van der Waals surface area contributed by atoms with Crippen molar-refractivity contribution in [2.24, 2.45) is 0 Å². The van der Waals surface area contributed by atoms with Gasteiger partial charge in [-0.15, -0.1) is 0 Å². The van der Waals surface area contributed by atoms with Gasteiger partial charge in [-0.05, 0) is 19.3 Å². The number of hydrogen-bond acceptors (Lipinski definition) is 2. The Morgan fingerprint density at radius 3 is 2.50 bits per heavy atom. The Balaban J connectivity index is 1.68. The Kier molecular flexibility index (Phi) is 2.56. The first-order chi connectivity index (χ1) is 6.74. The summed E-state index contributed by atoms with van der Waals surface area (Å²) in [7, 11) is 0. The molecule has 14 heavy (non-hydrogen) atoms. The molecule has 1 unspecified atom stereocenters. The quantitative estimate of drug-likeness (QED) is 0.570. The standard InChI is InChI=1S/C9H15N3O2/c13-8-4-7(5-10-8)12-9(14)11-6-2-1-3-6/h6-7H,1-5H2,(H,10,13)(H2,11,12,14). The average molecular weight is 197 g/mol. The molecular formula is C9H15N3O2. The minimum absolute atomic E-state index is 0.0129. The van der Waals surface area contributed by atoms with Gasteiger partial charge in [0.15, 0.2) is 0 Å². The van der Waals surface area contributed by atoms with Crippen LogP contribution in [0.5, 0.6) is 0 Å². The molecule has 0 spiro atoms. The van der Waals surface area contributed by atoms with Crippen LogP contribution < -0.4 is 16.0 Å². The van der Waals surface area contributed by atoms with Crippen molar-refractivity contribution in [3.8, 4) is 0 Å². The summed E-state index contributed by atoms with van der Waals surface area (Å²) in [4.78, 5) is 22.2. The van der Waals surface area contributed by atoms with Crippen molar-refractivity contribution >= 4 is 11.9 Å². The fourth-order valence-corrected chi connectivity index (χ4v) is 1.67. The van der Waals surface area contributed by atoms with Crippen LogP contribution in [-0.2, 0) is 4.79 Å². The van der Waals surface area contributed by atoms with Crippen LogP contribution >= 0.6 is 0 Å². The largest absolute Gasteiger partial charge is 0.354 e. The van der Waals surface area contributed by atoms with Gasteiger partial charge in [0.25, 0.3) is 0 Å². The van der Waals surface area contributed by atoms with Gasteiger partial charge in [-0.2, -0.15) is 0 Å². The van der Waals surface area contributed by atoms with Gasteiger partial charge in [0.2, 0.25) is 5.91 Å². The van der Waals surface area contributed by atoms with E-state index in [1.54, 1.807) is 0 Å². The maximum atomic E-state index is 11.3. The summed E-state index contributed by atoms with van der Waals surface area (Å²) in [6.45, 7) is 0.552. The third-order valence-electron chi connectivity index (χ3n) is 2.75. The molecule has 0 aromatic carbocycles. The van der Waals surface area contributed by atoms with Crippen molar-refractivity contribution in [3.05, 3.63) is 0 Å². The molecule has 2 rings (SSSR count). The number of urea groups is 1. The highest BCUT2D eigenvalue weighted by Crippen LogP contribution is 2.17. The molecule has 3 amide bonds. The highest BCUT2D eigenvalue weighted by atomic mass is 16.2. The summed E-state index contributed by atoms with van der Waals surface area (Å²) in [5, 5.41) is 8.32. The second kappa shape index (κ2) is 3.86. The van der Waals surface area contributed by atoms with Crippen molar-refractivity contribution in [1.82, 2.24) is 16.0 Å². The van der Waals surface area contributed by atoms with Crippen molar-refractivity contribution in [1.29, 1.82) is 0 Å². The molecule has 0 radical (unpaired) electrons. The maximum absolute atomic E-state index is 11.3. The summed E-state index contributed by atoms with van der Waals surface area (Å²) in [6.07, 6.45) is 3.76. The summed E-state index contributed by atoms with van der Waals surface area (Å²) in [5.74, 6) is 0.0129. The van der Waals surface area contributed by atoms with Crippen LogP contribution in [0.3, 0.4) is 0 Å². The normalized spacial score (nSPS) is 26.6. The Bertz CT molecular complexity index is 250. The minimum Gasteiger partial charge on any atom is -0.354 e. The van der Waals surface area contributed by atoms with Crippen LogP contribution in [0, 0.1) is 0 Å². The van der Waals surface area contributed by atoms with Crippen molar-refractivity contribution in [2.45, 2.75) is 37.8 Å². The van der Waals surface area contributed by atoms with E-state index < -0.39 is 0 Å². The summed E-state index contributed by atoms with van der Waals surface area (Å²) in [6, 6.07) is 0.166. The van der Waals surface area contributed by atoms with E-state index >= 15 is 0 Å².